The van der Waals surface area contributed by atoms with Crippen molar-refractivity contribution in [2.75, 3.05) is 13.6 Å². The molecule has 0 bridgehead atoms. The predicted molar refractivity (Wildman–Crippen MR) is 28.8 cm³/mol. The van der Waals surface area contributed by atoms with Crippen LogP contribution in [0.1, 0.15) is 0 Å². The molecule has 1 saturated heterocycles. The summed E-state index contributed by atoms with van der Waals surface area (Å²) in [6.45, 7) is 1.01. The monoisotopic (exact) mass is 101 g/mol. The highest BCUT2D eigenvalue weighted by Crippen LogP contribution is 1.93. The van der Waals surface area contributed by atoms with Crippen molar-refractivity contribution in [3.05, 3.63) is 0 Å². The van der Waals surface area contributed by atoms with Crippen LogP contribution in [0.3, 0.4) is 0 Å². The largest absolute Gasteiger partial charge is 0.315 e. The van der Waals surface area contributed by atoms with Gasteiger partial charge in [0.1, 0.15) is 0 Å². The van der Waals surface area contributed by atoms with E-state index in [1.165, 1.54) is 0 Å². The van der Waals surface area contributed by atoms with Crippen LogP contribution in [-0.4, -0.2) is 25.8 Å². The van der Waals surface area contributed by atoms with Gasteiger partial charge in [-0.05, 0) is 7.05 Å². The number of likely N-dealkylation sites (N-methyl/N-ethyl adjacent to an activating group) is 1. The van der Waals surface area contributed by atoms with E-state index < -0.39 is 0 Å². The van der Waals surface area contributed by atoms with Crippen LogP contribution in [0.4, 0.5) is 0 Å². The Morgan fingerprint density at radius 3 is 2.57 bits per heavy atom. The third-order valence-electron chi connectivity index (χ3n) is 1.38. The first-order valence-corrected chi connectivity index (χ1v) is 2.51. The van der Waals surface area contributed by atoms with E-state index in [-0.39, 0.29) is 6.17 Å². The Labute approximate surface area is 43.3 Å². The van der Waals surface area contributed by atoms with E-state index >= 15 is 0 Å². The van der Waals surface area contributed by atoms with Gasteiger partial charge in [-0.2, -0.15) is 0 Å². The third kappa shape index (κ3) is 0.748. The third-order valence-corrected chi connectivity index (χ3v) is 1.38. The van der Waals surface area contributed by atoms with Gasteiger partial charge in [0.25, 0.3) is 0 Å². The second-order valence-electron chi connectivity index (χ2n) is 1.83. The molecular formula is C4H11N3. The predicted octanol–water partition coefficient (Wildman–Crippen LogP) is -1.54. The first-order chi connectivity index (χ1) is 3.34. The van der Waals surface area contributed by atoms with E-state index in [1.54, 1.807) is 0 Å². The molecule has 2 unspecified atom stereocenters. The lowest BCUT2D eigenvalue weighted by Crippen LogP contribution is -2.67. The van der Waals surface area contributed by atoms with Gasteiger partial charge in [-0.3, -0.25) is 5.32 Å². The van der Waals surface area contributed by atoms with Crippen molar-refractivity contribution in [3.63, 3.8) is 0 Å². The maximum Gasteiger partial charge on any atom is 0.0717 e. The van der Waals surface area contributed by atoms with Crippen LogP contribution >= 0.6 is 0 Å². The number of nitrogens with two attached hydrogens (primary N) is 1. The number of hydrogen-bond donors (Lipinski definition) is 3. The Hall–Kier alpha value is -0.120. The van der Waals surface area contributed by atoms with Gasteiger partial charge in [0, 0.05) is 12.6 Å². The van der Waals surface area contributed by atoms with Crippen LogP contribution in [0.5, 0.6) is 0 Å². The highest BCUT2D eigenvalue weighted by molar-refractivity contribution is 4.88. The van der Waals surface area contributed by atoms with Crippen LogP contribution in [0.2, 0.25) is 0 Å². The summed E-state index contributed by atoms with van der Waals surface area (Å²) in [5.41, 5.74) is 5.46. The highest BCUT2D eigenvalue weighted by atomic mass is 15.2. The van der Waals surface area contributed by atoms with E-state index in [9.17, 15) is 0 Å². The minimum atomic E-state index is 0.185. The molecule has 0 radical (unpaired) electrons. The van der Waals surface area contributed by atoms with Crippen molar-refractivity contribution >= 4 is 0 Å². The molecule has 2 atom stereocenters. The molecule has 0 aromatic rings. The molecule has 1 aliphatic heterocycles. The Morgan fingerprint density at radius 1 is 1.86 bits per heavy atom. The van der Waals surface area contributed by atoms with Gasteiger partial charge in [-0.15, -0.1) is 0 Å². The average molecular weight is 101 g/mol. The zero-order chi connectivity index (χ0) is 5.28. The van der Waals surface area contributed by atoms with E-state index in [0.29, 0.717) is 6.04 Å². The molecular weight excluding hydrogens is 90.1 g/mol. The molecule has 0 aromatic carbocycles. The second-order valence-corrected chi connectivity index (χ2v) is 1.83. The van der Waals surface area contributed by atoms with E-state index in [1.807, 2.05) is 7.05 Å². The molecule has 1 fully saturated rings. The maximum atomic E-state index is 5.46. The quantitative estimate of drug-likeness (QED) is 0.375. The van der Waals surface area contributed by atoms with Crippen LogP contribution in [0.25, 0.3) is 0 Å². The summed E-state index contributed by atoms with van der Waals surface area (Å²) >= 11 is 0. The Bertz CT molecular complexity index is 62.0. The zero-order valence-electron chi connectivity index (χ0n) is 4.44. The average Bonchev–Trinajstić information content (AvgIpc) is 1.65. The van der Waals surface area contributed by atoms with Gasteiger partial charge in [0.05, 0.1) is 6.17 Å². The van der Waals surface area contributed by atoms with Crippen LogP contribution in [-0.2, 0) is 0 Å². The molecule has 0 saturated carbocycles. The van der Waals surface area contributed by atoms with Crippen molar-refractivity contribution in [1.82, 2.24) is 10.6 Å². The lowest BCUT2D eigenvalue weighted by atomic mass is 10.1. The Balaban J connectivity index is 2.16. The second kappa shape index (κ2) is 1.78. The lowest BCUT2D eigenvalue weighted by Gasteiger charge is -2.34. The lowest BCUT2D eigenvalue weighted by molar-refractivity contribution is 0.280. The molecule has 0 spiro atoms. The van der Waals surface area contributed by atoms with Gasteiger partial charge in [-0.1, -0.05) is 0 Å². The van der Waals surface area contributed by atoms with Gasteiger partial charge in [0.2, 0.25) is 0 Å². The molecule has 1 heterocycles. The molecule has 4 N–H and O–H groups in total. The minimum absolute atomic E-state index is 0.185. The molecule has 0 aliphatic carbocycles. The van der Waals surface area contributed by atoms with E-state index in [2.05, 4.69) is 10.6 Å². The fraction of sp³-hybridized carbons (Fsp3) is 1.00. The number of rotatable bonds is 1. The van der Waals surface area contributed by atoms with Gasteiger partial charge in [0.15, 0.2) is 0 Å². The fourth-order valence-electron chi connectivity index (χ4n) is 0.653. The van der Waals surface area contributed by atoms with E-state index in [0.717, 1.165) is 6.54 Å². The van der Waals surface area contributed by atoms with Gasteiger partial charge >= 0.3 is 0 Å². The zero-order valence-corrected chi connectivity index (χ0v) is 4.44. The van der Waals surface area contributed by atoms with Crippen molar-refractivity contribution in [2.24, 2.45) is 5.73 Å². The summed E-state index contributed by atoms with van der Waals surface area (Å²) in [5, 5.41) is 6.09. The standard InChI is InChI=1S/C4H11N3/c1-6-3-2-7-4(3)5/h3-4,6-7H,2,5H2,1H3. The maximum absolute atomic E-state index is 5.46. The molecule has 0 aromatic heterocycles. The minimum Gasteiger partial charge on any atom is -0.315 e. The van der Waals surface area contributed by atoms with Crippen molar-refractivity contribution < 1.29 is 0 Å². The molecule has 0 amide bonds. The fourth-order valence-corrected chi connectivity index (χ4v) is 0.653. The molecule has 7 heavy (non-hydrogen) atoms. The highest BCUT2D eigenvalue weighted by Gasteiger charge is 2.23. The smallest absolute Gasteiger partial charge is 0.0717 e. The van der Waals surface area contributed by atoms with Gasteiger partial charge in [-0.25, -0.2) is 0 Å². The summed E-state index contributed by atoms with van der Waals surface area (Å²) in [6, 6.07) is 0.500. The first-order valence-electron chi connectivity index (χ1n) is 2.51. The van der Waals surface area contributed by atoms with Crippen LogP contribution in [0.15, 0.2) is 0 Å². The molecule has 3 nitrogen and oxygen atoms in total. The van der Waals surface area contributed by atoms with Crippen molar-refractivity contribution in [3.8, 4) is 0 Å². The molecule has 1 rings (SSSR count). The Kier molecular flexibility index (Phi) is 1.27. The molecule has 3 heteroatoms. The van der Waals surface area contributed by atoms with Crippen molar-refractivity contribution in [2.45, 2.75) is 12.2 Å². The number of hydrogen-bond acceptors (Lipinski definition) is 3. The molecule has 42 valence electrons. The number of nitrogens with one attached hydrogen (secondary N) is 2. The van der Waals surface area contributed by atoms with Gasteiger partial charge < -0.3 is 11.1 Å². The van der Waals surface area contributed by atoms with E-state index in [4.69, 9.17) is 5.73 Å². The SMILES string of the molecule is CNC1CNC1N. The summed E-state index contributed by atoms with van der Waals surface area (Å²) in [5.74, 6) is 0. The Morgan fingerprint density at radius 2 is 2.57 bits per heavy atom. The molecule has 1 aliphatic rings. The summed E-state index contributed by atoms with van der Waals surface area (Å²) in [7, 11) is 1.92. The summed E-state index contributed by atoms with van der Waals surface area (Å²) < 4.78 is 0. The normalized spacial score (nSPS) is 40.3. The van der Waals surface area contributed by atoms with Crippen LogP contribution < -0.4 is 16.4 Å². The van der Waals surface area contributed by atoms with Crippen LogP contribution in [0, 0.1) is 0 Å². The van der Waals surface area contributed by atoms with Crippen molar-refractivity contribution in [1.29, 1.82) is 0 Å². The first kappa shape index (κ1) is 5.03. The summed E-state index contributed by atoms with van der Waals surface area (Å²) in [6.07, 6.45) is 0.185. The topological polar surface area (TPSA) is 50.1 Å². The summed E-state index contributed by atoms with van der Waals surface area (Å²) in [4.78, 5) is 0.